The standard InChI is InChI=1S/C16H15F3N4O5S/c1-2-27-15(24)13-10-21-23(9-3-8-20)14(13)22-29(25,26)12-6-4-11(5-7-12)28-16(17,18)19/h4-7,10,22H,2-3,9H2,1H3. The lowest BCUT2D eigenvalue weighted by atomic mass is 10.3. The van der Waals surface area contributed by atoms with Crippen molar-refractivity contribution in [3.63, 3.8) is 0 Å². The van der Waals surface area contributed by atoms with Crippen LogP contribution < -0.4 is 9.46 Å². The second-order valence-corrected chi connectivity index (χ2v) is 7.07. The van der Waals surface area contributed by atoms with Crippen molar-refractivity contribution >= 4 is 21.8 Å². The number of ether oxygens (including phenoxy) is 2. The molecule has 1 heterocycles. The number of nitriles is 1. The highest BCUT2D eigenvalue weighted by molar-refractivity contribution is 7.92. The van der Waals surface area contributed by atoms with Gasteiger partial charge in [-0.05, 0) is 31.2 Å². The number of aryl methyl sites for hydroxylation is 1. The van der Waals surface area contributed by atoms with Crippen LogP contribution in [0.3, 0.4) is 0 Å². The number of nitrogens with one attached hydrogen (secondary N) is 1. The highest BCUT2D eigenvalue weighted by Gasteiger charge is 2.31. The number of anilines is 1. The van der Waals surface area contributed by atoms with Crippen molar-refractivity contribution in [1.29, 1.82) is 5.26 Å². The third kappa shape index (κ3) is 5.85. The van der Waals surface area contributed by atoms with Crippen molar-refractivity contribution in [2.75, 3.05) is 11.3 Å². The van der Waals surface area contributed by atoms with Gasteiger partial charge in [0, 0.05) is 0 Å². The summed E-state index contributed by atoms with van der Waals surface area (Å²) in [6.07, 6.45) is -3.84. The SMILES string of the molecule is CCOC(=O)c1cnn(CCC#N)c1NS(=O)(=O)c1ccc(OC(F)(F)F)cc1. The van der Waals surface area contributed by atoms with Gasteiger partial charge < -0.3 is 9.47 Å². The molecule has 0 radical (unpaired) electrons. The van der Waals surface area contributed by atoms with Crippen LogP contribution in [-0.2, 0) is 21.3 Å². The molecule has 1 aromatic carbocycles. The van der Waals surface area contributed by atoms with Gasteiger partial charge >= 0.3 is 12.3 Å². The van der Waals surface area contributed by atoms with E-state index in [0.717, 1.165) is 35.1 Å². The van der Waals surface area contributed by atoms with E-state index >= 15 is 0 Å². The zero-order chi connectivity index (χ0) is 21.7. The molecule has 0 fully saturated rings. The summed E-state index contributed by atoms with van der Waals surface area (Å²) in [5.74, 6) is -1.65. The monoisotopic (exact) mass is 432 g/mol. The van der Waals surface area contributed by atoms with Crippen LogP contribution in [0.5, 0.6) is 5.75 Å². The van der Waals surface area contributed by atoms with Gasteiger partial charge in [0.1, 0.15) is 11.3 Å². The highest BCUT2D eigenvalue weighted by Crippen LogP contribution is 2.26. The Morgan fingerprint density at radius 2 is 1.97 bits per heavy atom. The summed E-state index contributed by atoms with van der Waals surface area (Å²) < 4.78 is 73.7. The number of rotatable bonds is 8. The molecule has 0 aliphatic carbocycles. The maximum absolute atomic E-state index is 12.6. The quantitative estimate of drug-likeness (QED) is 0.636. The summed E-state index contributed by atoms with van der Waals surface area (Å²) in [4.78, 5) is 11.7. The summed E-state index contributed by atoms with van der Waals surface area (Å²) in [5.41, 5.74) is -0.176. The Morgan fingerprint density at radius 1 is 1.31 bits per heavy atom. The van der Waals surface area contributed by atoms with E-state index in [9.17, 15) is 26.4 Å². The number of hydrogen-bond donors (Lipinski definition) is 1. The lowest BCUT2D eigenvalue weighted by Crippen LogP contribution is -2.19. The van der Waals surface area contributed by atoms with E-state index in [1.54, 1.807) is 6.92 Å². The van der Waals surface area contributed by atoms with Crippen LogP contribution >= 0.6 is 0 Å². The van der Waals surface area contributed by atoms with E-state index in [2.05, 4.69) is 14.6 Å². The van der Waals surface area contributed by atoms with Gasteiger partial charge in [-0.1, -0.05) is 0 Å². The summed E-state index contributed by atoms with van der Waals surface area (Å²) in [6, 6.07) is 5.35. The lowest BCUT2D eigenvalue weighted by Gasteiger charge is -2.13. The lowest BCUT2D eigenvalue weighted by molar-refractivity contribution is -0.274. The molecule has 0 saturated carbocycles. The number of carbonyl (C=O) groups is 1. The third-order valence-electron chi connectivity index (χ3n) is 3.37. The second-order valence-electron chi connectivity index (χ2n) is 5.38. The molecule has 9 nitrogen and oxygen atoms in total. The van der Waals surface area contributed by atoms with E-state index < -0.39 is 28.1 Å². The van der Waals surface area contributed by atoms with Gasteiger partial charge in [0.05, 0.1) is 36.7 Å². The minimum atomic E-state index is -4.92. The molecule has 0 atom stereocenters. The molecule has 0 bridgehead atoms. The number of halogens is 3. The fraction of sp³-hybridized carbons (Fsp3) is 0.312. The molecule has 2 rings (SSSR count). The number of alkyl halides is 3. The molecule has 1 N–H and O–H groups in total. The zero-order valence-electron chi connectivity index (χ0n) is 14.9. The predicted octanol–water partition coefficient (Wildman–Crippen LogP) is 2.67. The fourth-order valence-corrected chi connectivity index (χ4v) is 3.27. The fourth-order valence-electron chi connectivity index (χ4n) is 2.18. The molecule has 0 aliphatic rings. The molecule has 156 valence electrons. The Hall–Kier alpha value is -3.27. The van der Waals surface area contributed by atoms with Crippen LogP contribution in [0.15, 0.2) is 35.4 Å². The summed E-state index contributed by atoms with van der Waals surface area (Å²) >= 11 is 0. The highest BCUT2D eigenvalue weighted by atomic mass is 32.2. The minimum absolute atomic E-state index is 0.00782. The van der Waals surface area contributed by atoms with Crippen LogP contribution in [0, 0.1) is 11.3 Å². The van der Waals surface area contributed by atoms with Crippen molar-refractivity contribution in [3.05, 3.63) is 36.0 Å². The Morgan fingerprint density at radius 3 is 2.52 bits per heavy atom. The van der Waals surface area contributed by atoms with E-state index in [-0.39, 0.29) is 35.8 Å². The molecular formula is C16H15F3N4O5S. The summed E-state index contributed by atoms with van der Waals surface area (Å²) in [6.45, 7) is 1.59. The number of esters is 1. The van der Waals surface area contributed by atoms with Crippen molar-refractivity contribution in [3.8, 4) is 11.8 Å². The average molecular weight is 432 g/mol. The molecule has 0 spiro atoms. The van der Waals surface area contributed by atoms with Gasteiger partial charge in [0.15, 0.2) is 5.82 Å². The maximum Gasteiger partial charge on any atom is 0.573 e. The molecule has 2 aromatic rings. The first-order valence-electron chi connectivity index (χ1n) is 8.06. The van der Waals surface area contributed by atoms with Crippen molar-refractivity contribution in [2.45, 2.75) is 31.1 Å². The summed E-state index contributed by atoms with van der Waals surface area (Å²) in [7, 11) is -4.30. The van der Waals surface area contributed by atoms with Crippen LogP contribution in [0.2, 0.25) is 0 Å². The first-order chi connectivity index (χ1) is 13.6. The molecule has 13 heteroatoms. The number of hydrogen-bond acceptors (Lipinski definition) is 7. The molecule has 29 heavy (non-hydrogen) atoms. The Balaban J connectivity index is 2.34. The molecular weight excluding hydrogens is 417 g/mol. The number of benzene rings is 1. The Kier molecular flexibility index (Phi) is 6.70. The van der Waals surface area contributed by atoms with Gasteiger partial charge in [-0.15, -0.1) is 13.2 Å². The van der Waals surface area contributed by atoms with Crippen LogP contribution in [0.1, 0.15) is 23.7 Å². The number of aromatic nitrogens is 2. The minimum Gasteiger partial charge on any atom is -0.462 e. The van der Waals surface area contributed by atoms with Gasteiger partial charge in [0.25, 0.3) is 10.0 Å². The van der Waals surface area contributed by atoms with Gasteiger partial charge in [-0.2, -0.15) is 10.4 Å². The summed E-state index contributed by atoms with van der Waals surface area (Å²) in [5, 5.41) is 12.6. The third-order valence-corrected chi connectivity index (χ3v) is 4.72. The normalized spacial score (nSPS) is 11.6. The van der Waals surface area contributed by atoms with Crippen LogP contribution in [0.4, 0.5) is 19.0 Å². The molecule has 0 unspecified atom stereocenters. The first kappa shape index (κ1) is 22.0. The maximum atomic E-state index is 12.6. The van der Waals surface area contributed by atoms with E-state index in [1.165, 1.54) is 0 Å². The Labute approximate surface area is 163 Å². The number of sulfonamides is 1. The van der Waals surface area contributed by atoms with E-state index in [1.807, 2.05) is 6.07 Å². The van der Waals surface area contributed by atoms with E-state index in [0.29, 0.717) is 0 Å². The number of carbonyl (C=O) groups excluding carboxylic acids is 1. The van der Waals surface area contributed by atoms with Gasteiger partial charge in [-0.3, -0.25) is 4.72 Å². The smallest absolute Gasteiger partial charge is 0.462 e. The molecule has 0 saturated heterocycles. The molecule has 0 amide bonds. The van der Waals surface area contributed by atoms with Gasteiger partial charge in [0.2, 0.25) is 0 Å². The van der Waals surface area contributed by atoms with E-state index in [4.69, 9.17) is 10.00 Å². The van der Waals surface area contributed by atoms with Crippen LogP contribution in [-0.4, -0.2) is 37.1 Å². The Bertz CT molecular complexity index is 1010. The predicted molar refractivity (Wildman–Crippen MR) is 92.3 cm³/mol. The average Bonchev–Trinajstić information content (AvgIpc) is 3.01. The largest absolute Gasteiger partial charge is 0.573 e. The topological polar surface area (TPSA) is 123 Å². The zero-order valence-corrected chi connectivity index (χ0v) is 15.7. The molecule has 0 aliphatic heterocycles. The van der Waals surface area contributed by atoms with Gasteiger partial charge in [-0.25, -0.2) is 17.9 Å². The molecule has 1 aromatic heterocycles. The number of nitrogens with zero attached hydrogens (tertiary/aromatic N) is 3. The van der Waals surface area contributed by atoms with Crippen molar-refractivity contribution < 1.29 is 35.9 Å². The first-order valence-corrected chi connectivity index (χ1v) is 9.54. The second kappa shape index (κ2) is 8.82. The van der Waals surface area contributed by atoms with Crippen molar-refractivity contribution in [1.82, 2.24) is 9.78 Å². The van der Waals surface area contributed by atoms with Crippen LogP contribution in [0.25, 0.3) is 0 Å². The van der Waals surface area contributed by atoms with Crippen molar-refractivity contribution in [2.24, 2.45) is 0 Å².